The topological polar surface area (TPSA) is 73.1 Å². The Labute approximate surface area is 115 Å². The van der Waals surface area contributed by atoms with Gasteiger partial charge in [-0.3, -0.25) is 5.43 Å². The van der Waals surface area contributed by atoms with Gasteiger partial charge < -0.3 is 4.74 Å². The highest BCUT2D eigenvalue weighted by molar-refractivity contribution is 9.10. The van der Waals surface area contributed by atoms with Gasteiger partial charge >= 0.3 is 0 Å². The van der Waals surface area contributed by atoms with Crippen LogP contribution in [0.2, 0.25) is 5.02 Å². The molecule has 3 N–H and O–H groups in total. The van der Waals surface area contributed by atoms with Crippen molar-refractivity contribution in [3.63, 3.8) is 0 Å². The van der Waals surface area contributed by atoms with E-state index in [0.29, 0.717) is 10.2 Å². The van der Waals surface area contributed by atoms with Gasteiger partial charge in [0.05, 0.1) is 15.7 Å². The molecule has 0 radical (unpaired) electrons. The van der Waals surface area contributed by atoms with Crippen molar-refractivity contribution in [1.82, 2.24) is 9.97 Å². The van der Waals surface area contributed by atoms with Crippen molar-refractivity contribution >= 4 is 33.5 Å². The minimum atomic E-state index is -0.518. The maximum atomic E-state index is 13.0. The monoisotopic (exact) mass is 332 g/mol. The second kappa shape index (κ2) is 5.47. The van der Waals surface area contributed by atoms with E-state index in [9.17, 15) is 4.39 Å². The van der Waals surface area contributed by atoms with Gasteiger partial charge in [0.25, 0.3) is 0 Å². The fourth-order valence-electron chi connectivity index (χ4n) is 1.14. The quantitative estimate of drug-likeness (QED) is 0.667. The summed E-state index contributed by atoms with van der Waals surface area (Å²) in [5.74, 6) is 5.45. The van der Waals surface area contributed by atoms with E-state index in [1.54, 1.807) is 0 Å². The molecular formula is C10H7BrClFN4O. The number of anilines is 1. The Morgan fingerprint density at radius 1 is 1.44 bits per heavy atom. The van der Waals surface area contributed by atoms with Crippen LogP contribution in [0.15, 0.2) is 28.9 Å². The summed E-state index contributed by atoms with van der Waals surface area (Å²) in [7, 11) is 0. The number of nitrogens with two attached hydrogens (primary N) is 1. The predicted molar refractivity (Wildman–Crippen MR) is 69.0 cm³/mol. The van der Waals surface area contributed by atoms with Gasteiger partial charge in [0.2, 0.25) is 11.8 Å². The van der Waals surface area contributed by atoms with Crippen molar-refractivity contribution in [1.29, 1.82) is 0 Å². The lowest BCUT2D eigenvalue weighted by Gasteiger charge is -2.08. The van der Waals surface area contributed by atoms with Crippen LogP contribution in [0.25, 0.3) is 0 Å². The molecule has 2 rings (SSSR count). The third-order valence-electron chi connectivity index (χ3n) is 1.95. The summed E-state index contributed by atoms with van der Waals surface area (Å²) in [6, 6.07) is 3.99. The highest BCUT2D eigenvalue weighted by atomic mass is 79.9. The Hall–Kier alpha value is -1.44. The Morgan fingerprint density at radius 2 is 2.22 bits per heavy atom. The summed E-state index contributed by atoms with van der Waals surface area (Å²) in [5, 5.41) is -0.0325. The van der Waals surface area contributed by atoms with Gasteiger partial charge in [-0.05, 0) is 28.1 Å². The van der Waals surface area contributed by atoms with E-state index >= 15 is 0 Å². The predicted octanol–water partition coefficient (Wildman–Crippen LogP) is 3.11. The first-order valence-corrected chi connectivity index (χ1v) is 5.89. The maximum absolute atomic E-state index is 13.0. The molecule has 0 aliphatic heterocycles. The summed E-state index contributed by atoms with van der Waals surface area (Å²) in [6.07, 6.45) is 1.47. The summed E-state index contributed by atoms with van der Waals surface area (Å²) in [5.41, 5.74) is 2.29. The number of ether oxygens (including phenoxy) is 1. The van der Waals surface area contributed by atoms with E-state index in [-0.39, 0.29) is 16.9 Å². The number of rotatable bonds is 3. The van der Waals surface area contributed by atoms with Crippen LogP contribution in [-0.4, -0.2) is 9.97 Å². The molecule has 0 fully saturated rings. The third-order valence-corrected chi connectivity index (χ3v) is 2.78. The van der Waals surface area contributed by atoms with Gasteiger partial charge in [0, 0.05) is 6.07 Å². The number of benzene rings is 1. The Bertz CT molecular complexity index is 584. The summed E-state index contributed by atoms with van der Waals surface area (Å²) >= 11 is 8.87. The van der Waals surface area contributed by atoms with Crippen LogP contribution in [0.3, 0.4) is 0 Å². The molecule has 0 aliphatic carbocycles. The highest BCUT2D eigenvalue weighted by Gasteiger charge is 2.08. The van der Waals surface area contributed by atoms with Crippen LogP contribution in [0.4, 0.5) is 10.3 Å². The lowest BCUT2D eigenvalue weighted by atomic mass is 10.3. The van der Waals surface area contributed by atoms with Gasteiger partial charge in [-0.15, -0.1) is 0 Å². The van der Waals surface area contributed by atoms with E-state index in [1.165, 1.54) is 24.4 Å². The SMILES string of the molecule is NNc1ncc(Br)c(Oc2ccc(F)c(Cl)c2)n1. The molecule has 0 atom stereocenters. The first-order valence-electron chi connectivity index (χ1n) is 4.72. The third kappa shape index (κ3) is 2.87. The zero-order chi connectivity index (χ0) is 13.1. The molecule has 94 valence electrons. The standard InChI is InChI=1S/C10H7BrClFN4O/c11-6-4-15-10(17-14)16-9(6)18-5-1-2-8(13)7(12)3-5/h1-4H,14H2,(H,15,16,17). The second-order valence-corrected chi connectivity index (χ2v) is 4.43. The van der Waals surface area contributed by atoms with Crippen LogP contribution in [0, 0.1) is 5.82 Å². The smallest absolute Gasteiger partial charge is 0.240 e. The molecule has 0 spiro atoms. The number of aromatic nitrogens is 2. The van der Waals surface area contributed by atoms with E-state index in [4.69, 9.17) is 22.2 Å². The number of nitrogens with zero attached hydrogens (tertiary/aromatic N) is 2. The van der Waals surface area contributed by atoms with E-state index < -0.39 is 5.82 Å². The lowest BCUT2D eigenvalue weighted by molar-refractivity contribution is 0.457. The number of halogens is 3. The van der Waals surface area contributed by atoms with Gasteiger partial charge in [0.1, 0.15) is 11.6 Å². The molecule has 1 heterocycles. The number of hydrogen-bond donors (Lipinski definition) is 2. The molecule has 0 unspecified atom stereocenters. The van der Waals surface area contributed by atoms with Crippen LogP contribution < -0.4 is 16.0 Å². The number of nitrogens with one attached hydrogen (secondary N) is 1. The average Bonchev–Trinajstić information content (AvgIpc) is 2.36. The molecule has 0 saturated carbocycles. The van der Waals surface area contributed by atoms with Gasteiger partial charge in [-0.2, -0.15) is 4.98 Å². The Morgan fingerprint density at radius 3 is 2.89 bits per heavy atom. The second-order valence-electron chi connectivity index (χ2n) is 3.17. The van der Waals surface area contributed by atoms with Crippen molar-refractivity contribution < 1.29 is 9.13 Å². The van der Waals surface area contributed by atoms with Gasteiger partial charge in [-0.25, -0.2) is 15.2 Å². The first kappa shape index (κ1) is 13.0. The normalized spacial score (nSPS) is 10.2. The van der Waals surface area contributed by atoms with Crippen molar-refractivity contribution in [2.24, 2.45) is 5.84 Å². The fourth-order valence-corrected chi connectivity index (χ4v) is 1.59. The van der Waals surface area contributed by atoms with E-state index in [1.807, 2.05) is 0 Å². The van der Waals surface area contributed by atoms with Crippen LogP contribution in [0.1, 0.15) is 0 Å². The molecule has 0 saturated heterocycles. The minimum Gasteiger partial charge on any atom is -0.438 e. The van der Waals surface area contributed by atoms with Gasteiger partial charge in [-0.1, -0.05) is 11.6 Å². The molecule has 5 nitrogen and oxygen atoms in total. The Kier molecular flexibility index (Phi) is 3.95. The fraction of sp³-hybridized carbons (Fsp3) is 0. The van der Waals surface area contributed by atoms with Gasteiger partial charge in [0.15, 0.2) is 0 Å². The van der Waals surface area contributed by atoms with Crippen molar-refractivity contribution in [2.45, 2.75) is 0 Å². The number of hydrogen-bond acceptors (Lipinski definition) is 5. The van der Waals surface area contributed by atoms with E-state index in [2.05, 4.69) is 31.3 Å². The summed E-state index contributed by atoms with van der Waals surface area (Å²) < 4.78 is 19.0. The molecule has 1 aromatic heterocycles. The number of hydrazine groups is 1. The lowest BCUT2D eigenvalue weighted by Crippen LogP contribution is -2.10. The maximum Gasteiger partial charge on any atom is 0.240 e. The van der Waals surface area contributed by atoms with E-state index in [0.717, 1.165) is 0 Å². The molecule has 8 heteroatoms. The average molecular weight is 334 g/mol. The molecule has 1 aromatic carbocycles. The van der Waals surface area contributed by atoms with Crippen LogP contribution >= 0.6 is 27.5 Å². The number of nitrogen functional groups attached to an aromatic ring is 1. The molecule has 0 aliphatic rings. The Balaban J connectivity index is 2.30. The van der Waals surface area contributed by atoms with Crippen molar-refractivity contribution in [3.8, 4) is 11.6 Å². The summed E-state index contributed by atoms with van der Waals surface area (Å²) in [4.78, 5) is 7.86. The highest BCUT2D eigenvalue weighted by Crippen LogP contribution is 2.29. The molecule has 18 heavy (non-hydrogen) atoms. The zero-order valence-corrected chi connectivity index (χ0v) is 11.2. The molecular weight excluding hydrogens is 326 g/mol. The first-order chi connectivity index (χ1) is 8.60. The molecule has 0 amide bonds. The van der Waals surface area contributed by atoms with Crippen LogP contribution in [0.5, 0.6) is 11.6 Å². The van der Waals surface area contributed by atoms with Crippen LogP contribution in [-0.2, 0) is 0 Å². The zero-order valence-electron chi connectivity index (χ0n) is 8.82. The minimum absolute atomic E-state index is 0.0325. The van der Waals surface area contributed by atoms with Crippen molar-refractivity contribution in [2.75, 3.05) is 5.43 Å². The summed E-state index contributed by atoms with van der Waals surface area (Å²) in [6.45, 7) is 0. The van der Waals surface area contributed by atoms with Crippen molar-refractivity contribution in [3.05, 3.63) is 39.7 Å². The largest absolute Gasteiger partial charge is 0.438 e. The molecule has 2 aromatic rings. The molecule has 0 bridgehead atoms.